The van der Waals surface area contributed by atoms with Crippen molar-refractivity contribution in [2.24, 2.45) is 11.3 Å². The summed E-state index contributed by atoms with van der Waals surface area (Å²) in [7, 11) is 0. The SMILES string of the molecule is CCCC1CC(O)(C2(C#N)CCCC(CC)C2)CCO1. The van der Waals surface area contributed by atoms with Crippen molar-refractivity contribution in [3.05, 3.63) is 0 Å². The maximum atomic E-state index is 11.3. The van der Waals surface area contributed by atoms with Crippen LogP contribution in [-0.4, -0.2) is 23.4 Å². The van der Waals surface area contributed by atoms with Crippen molar-refractivity contribution in [3.8, 4) is 6.07 Å². The van der Waals surface area contributed by atoms with E-state index in [1.54, 1.807) is 0 Å². The van der Waals surface area contributed by atoms with Crippen LogP contribution in [0.15, 0.2) is 0 Å². The van der Waals surface area contributed by atoms with Crippen LogP contribution < -0.4 is 0 Å². The summed E-state index contributed by atoms with van der Waals surface area (Å²) in [5.41, 5.74) is -1.38. The largest absolute Gasteiger partial charge is 0.388 e. The Morgan fingerprint density at radius 1 is 1.30 bits per heavy atom. The number of hydrogen-bond donors (Lipinski definition) is 1. The van der Waals surface area contributed by atoms with Gasteiger partial charge < -0.3 is 9.84 Å². The second-order valence-corrected chi connectivity index (χ2v) is 6.83. The lowest BCUT2D eigenvalue weighted by Gasteiger charge is -2.50. The second kappa shape index (κ2) is 6.45. The van der Waals surface area contributed by atoms with Gasteiger partial charge in [0.05, 0.1) is 23.2 Å². The quantitative estimate of drug-likeness (QED) is 0.851. The molecular weight excluding hydrogens is 250 g/mol. The fourth-order valence-electron chi connectivity index (χ4n) is 4.24. The van der Waals surface area contributed by atoms with E-state index in [-0.39, 0.29) is 6.10 Å². The maximum absolute atomic E-state index is 11.3. The van der Waals surface area contributed by atoms with Crippen molar-refractivity contribution >= 4 is 0 Å². The summed E-state index contributed by atoms with van der Waals surface area (Å²) in [6, 6.07) is 2.55. The molecular formula is C17H29NO2. The molecule has 1 heterocycles. The van der Waals surface area contributed by atoms with E-state index in [1.807, 2.05) is 0 Å². The zero-order valence-corrected chi connectivity index (χ0v) is 13.0. The Kier molecular flexibility index (Phi) is 5.09. The van der Waals surface area contributed by atoms with Gasteiger partial charge in [-0.3, -0.25) is 0 Å². The van der Waals surface area contributed by atoms with Gasteiger partial charge in [0, 0.05) is 19.4 Å². The molecule has 2 aliphatic rings. The van der Waals surface area contributed by atoms with Gasteiger partial charge in [-0.2, -0.15) is 5.26 Å². The van der Waals surface area contributed by atoms with Gasteiger partial charge >= 0.3 is 0 Å². The van der Waals surface area contributed by atoms with E-state index in [2.05, 4.69) is 19.9 Å². The van der Waals surface area contributed by atoms with Gasteiger partial charge in [-0.1, -0.05) is 39.5 Å². The second-order valence-electron chi connectivity index (χ2n) is 6.83. The van der Waals surface area contributed by atoms with Crippen molar-refractivity contribution in [2.45, 2.75) is 83.3 Å². The predicted octanol–water partition coefficient (Wildman–Crippen LogP) is 3.81. The molecule has 1 saturated carbocycles. The highest BCUT2D eigenvalue weighted by atomic mass is 16.5. The normalized spacial score (nSPS) is 42.1. The molecule has 0 aromatic rings. The molecule has 1 saturated heterocycles. The minimum absolute atomic E-state index is 0.131. The van der Waals surface area contributed by atoms with Crippen molar-refractivity contribution in [2.75, 3.05) is 6.61 Å². The van der Waals surface area contributed by atoms with E-state index in [9.17, 15) is 10.4 Å². The highest BCUT2D eigenvalue weighted by Crippen LogP contribution is 2.52. The first-order chi connectivity index (χ1) is 9.59. The molecule has 2 rings (SSSR count). The van der Waals surface area contributed by atoms with Gasteiger partial charge in [-0.25, -0.2) is 0 Å². The Morgan fingerprint density at radius 2 is 2.10 bits per heavy atom. The number of rotatable bonds is 4. The molecule has 3 heteroatoms. The van der Waals surface area contributed by atoms with Gasteiger partial charge in [-0.05, 0) is 25.2 Å². The van der Waals surface area contributed by atoms with E-state index in [4.69, 9.17) is 4.74 Å². The summed E-state index contributed by atoms with van der Waals surface area (Å²) in [6.45, 7) is 4.94. The molecule has 0 aromatic heterocycles. The molecule has 0 aromatic carbocycles. The van der Waals surface area contributed by atoms with E-state index >= 15 is 0 Å². The van der Waals surface area contributed by atoms with Crippen LogP contribution in [0.4, 0.5) is 0 Å². The van der Waals surface area contributed by atoms with Crippen LogP contribution in [0.1, 0.15) is 71.6 Å². The Bertz CT molecular complexity index is 362. The Balaban J connectivity index is 2.18. The van der Waals surface area contributed by atoms with Crippen LogP contribution in [0.5, 0.6) is 0 Å². The Hall–Kier alpha value is -0.590. The molecule has 0 radical (unpaired) electrons. The van der Waals surface area contributed by atoms with Crippen LogP contribution in [-0.2, 0) is 4.74 Å². The van der Waals surface area contributed by atoms with Crippen LogP contribution in [0, 0.1) is 22.7 Å². The molecule has 2 fully saturated rings. The Morgan fingerprint density at radius 3 is 2.75 bits per heavy atom. The first-order valence-electron chi connectivity index (χ1n) is 8.34. The van der Waals surface area contributed by atoms with Gasteiger partial charge in [0.25, 0.3) is 0 Å². The number of aliphatic hydroxyl groups is 1. The molecule has 114 valence electrons. The van der Waals surface area contributed by atoms with E-state index < -0.39 is 11.0 Å². The standard InChI is InChI=1S/C17H29NO2/c1-3-6-15-12-17(19,9-10-20-15)16(13-18)8-5-7-14(4-2)11-16/h14-15,19H,3-12H2,1-2H3. The van der Waals surface area contributed by atoms with Crippen molar-refractivity contribution in [1.82, 2.24) is 0 Å². The Labute approximate surface area is 123 Å². The monoisotopic (exact) mass is 279 g/mol. The summed E-state index contributed by atoms with van der Waals surface area (Å²) in [6.07, 6.45) is 8.59. The summed E-state index contributed by atoms with van der Waals surface area (Å²) in [4.78, 5) is 0. The average Bonchev–Trinajstić information content (AvgIpc) is 2.47. The maximum Gasteiger partial charge on any atom is 0.0879 e. The fraction of sp³-hybridized carbons (Fsp3) is 0.941. The predicted molar refractivity (Wildman–Crippen MR) is 79.1 cm³/mol. The molecule has 0 amide bonds. The lowest BCUT2D eigenvalue weighted by atomic mass is 9.58. The zero-order chi connectivity index (χ0) is 14.6. The number of nitriles is 1. The summed E-state index contributed by atoms with van der Waals surface area (Å²) in [5.74, 6) is 0.597. The highest BCUT2D eigenvalue weighted by molar-refractivity contribution is 5.14. The van der Waals surface area contributed by atoms with Crippen LogP contribution in [0.25, 0.3) is 0 Å². The van der Waals surface area contributed by atoms with Crippen LogP contribution >= 0.6 is 0 Å². The number of hydrogen-bond acceptors (Lipinski definition) is 3. The first kappa shape index (κ1) is 15.8. The molecule has 4 unspecified atom stereocenters. The molecule has 0 bridgehead atoms. The minimum Gasteiger partial charge on any atom is -0.388 e. The van der Waals surface area contributed by atoms with E-state index in [0.717, 1.165) is 38.5 Å². The van der Waals surface area contributed by atoms with Gasteiger partial charge in [0.2, 0.25) is 0 Å². The highest BCUT2D eigenvalue weighted by Gasteiger charge is 2.54. The molecule has 1 aliphatic carbocycles. The zero-order valence-electron chi connectivity index (χ0n) is 13.0. The molecule has 3 nitrogen and oxygen atoms in total. The van der Waals surface area contributed by atoms with Crippen molar-refractivity contribution in [3.63, 3.8) is 0 Å². The van der Waals surface area contributed by atoms with Crippen LogP contribution in [0.2, 0.25) is 0 Å². The molecule has 4 atom stereocenters. The fourth-order valence-corrected chi connectivity index (χ4v) is 4.24. The van der Waals surface area contributed by atoms with Gasteiger partial charge in [0.15, 0.2) is 0 Å². The molecule has 1 aliphatic heterocycles. The summed E-state index contributed by atoms with van der Waals surface area (Å²) < 4.78 is 5.78. The lowest BCUT2D eigenvalue weighted by molar-refractivity contribution is -0.165. The third kappa shape index (κ3) is 2.87. The third-order valence-electron chi connectivity index (χ3n) is 5.58. The first-order valence-corrected chi connectivity index (χ1v) is 8.34. The molecule has 20 heavy (non-hydrogen) atoms. The number of nitrogens with zero attached hydrogens (tertiary/aromatic N) is 1. The van der Waals surface area contributed by atoms with E-state index in [0.29, 0.717) is 25.4 Å². The average molecular weight is 279 g/mol. The van der Waals surface area contributed by atoms with Gasteiger partial charge in [-0.15, -0.1) is 0 Å². The minimum atomic E-state index is -0.840. The van der Waals surface area contributed by atoms with Crippen molar-refractivity contribution < 1.29 is 9.84 Å². The third-order valence-corrected chi connectivity index (χ3v) is 5.58. The topological polar surface area (TPSA) is 53.2 Å². The summed E-state index contributed by atoms with van der Waals surface area (Å²) >= 11 is 0. The lowest BCUT2D eigenvalue weighted by Crippen LogP contribution is -2.55. The van der Waals surface area contributed by atoms with Gasteiger partial charge in [0.1, 0.15) is 0 Å². The van der Waals surface area contributed by atoms with Crippen molar-refractivity contribution in [1.29, 1.82) is 5.26 Å². The molecule has 0 spiro atoms. The van der Waals surface area contributed by atoms with E-state index in [1.165, 1.54) is 6.42 Å². The molecule has 1 N–H and O–H groups in total. The van der Waals surface area contributed by atoms with Crippen LogP contribution in [0.3, 0.4) is 0 Å². The number of ether oxygens (including phenoxy) is 1. The summed E-state index contributed by atoms with van der Waals surface area (Å²) in [5, 5.41) is 21.1. The smallest absolute Gasteiger partial charge is 0.0879 e.